The van der Waals surface area contributed by atoms with Gasteiger partial charge in [-0.25, -0.2) is 0 Å². The molecule has 0 unspecified atom stereocenters. The summed E-state index contributed by atoms with van der Waals surface area (Å²) in [7, 11) is -0.329. The van der Waals surface area contributed by atoms with Gasteiger partial charge in [0.2, 0.25) is 0 Å². The van der Waals surface area contributed by atoms with Crippen molar-refractivity contribution in [2.75, 3.05) is 0 Å². The van der Waals surface area contributed by atoms with Gasteiger partial charge in [-0.1, -0.05) is 72.8 Å². The Kier molecular flexibility index (Phi) is 4.96. The van der Waals surface area contributed by atoms with E-state index in [1.165, 1.54) is 42.4 Å². The normalized spacial score (nSPS) is 17.0. The summed E-state index contributed by atoms with van der Waals surface area (Å²) in [6.45, 7) is 8.34. The molecule has 0 saturated carbocycles. The quantitative estimate of drug-likeness (QED) is 0.256. The highest BCUT2D eigenvalue weighted by atomic mass is 32.1. The lowest BCUT2D eigenvalue weighted by Crippen LogP contribution is -2.41. The van der Waals surface area contributed by atoms with E-state index in [0.29, 0.717) is 0 Å². The highest BCUT2D eigenvalue weighted by Crippen LogP contribution is 2.38. The maximum atomic E-state index is 6.19. The van der Waals surface area contributed by atoms with Gasteiger partial charge in [-0.15, -0.1) is 11.3 Å². The molecule has 0 radical (unpaired) electrons. The molecule has 1 fully saturated rings. The molecule has 1 aliphatic rings. The van der Waals surface area contributed by atoms with Crippen LogP contribution in [0, 0.1) is 0 Å². The van der Waals surface area contributed by atoms with Gasteiger partial charge in [0, 0.05) is 20.2 Å². The highest BCUT2D eigenvalue weighted by molar-refractivity contribution is 7.25. The summed E-state index contributed by atoms with van der Waals surface area (Å²) in [6, 6.07) is 32.8. The van der Waals surface area contributed by atoms with Crippen LogP contribution in [0.15, 0.2) is 91.0 Å². The van der Waals surface area contributed by atoms with Gasteiger partial charge >= 0.3 is 7.12 Å². The van der Waals surface area contributed by atoms with E-state index < -0.39 is 0 Å². The Hall–Kier alpha value is -2.92. The molecular weight excluding hydrogens is 435 g/mol. The fourth-order valence-corrected chi connectivity index (χ4v) is 5.66. The molecule has 5 aromatic rings. The Balaban J connectivity index is 1.25. The van der Waals surface area contributed by atoms with E-state index >= 15 is 0 Å². The number of hydrogen-bond acceptors (Lipinski definition) is 3. The maximum absolute atomic E-state index is 6.19. The van der Waals surface area contributed by atoms with Gasteiger partial charge in [0.05, 0.1) is 11.2 Å². The zero-order chi connectivity index (χ0) is 23.5. The van der Waals surface area contributed by atoms with Crippen LogP contribution in [0.1, 0.15) is 27.7 Å². The number of thiophene rings is 1. The Morgan fingerprint density at radius 3 is 1.71 bits per heavy atom. The van der Waals surface area contributed by atoms with Crippen molar-refractivity contribution in [2.45, 2.75) is 38.9 Å². The average molecular weight is 462 g/mol. The van der Waals surface area contributed by atoms with Gasteiger partial charge < -0.3 is 9.31 Å². The van der Waals surface area contributed by atoms with Crippen LogP contribution >= 0.6 is 11.3 Å². The molecule has 0 amide bonds. The standard InChI is InChI=1S/C30H27BO2S/c1-29(2)30(3,4)33-31(32-29)24-16-13-21(14-17-24)20-9-11-22(12-10-20)23-15-18-28-26(19-23)25-7-5-6-8-27(25)34-28/h5-19H,1-4H3. The molecule has 4 heteroatoms. The van der Waals surface area contributed by atoms with E-state index in [9.17, 15) is 0 Å². The molecule has 34 heavy (non-hydrogen) atoms. The number of rotatable bonds is 3. The Bertz CT molecular complexity index is 1480. The predicted molar refractivity (Wildman–Crippen MR) is 146 cm³/mol. The topological polar surface area (TPSA) is 18.5 Å². The van der Waals surface area contributed by atoms with Gasteiger partial charge in [0.15, 0.2) is 0 Å². The molecule has 1 aliphatic heterocycles. The van der Waals surface area contributed by atoms with Gasteiger partial charge in [-0.05, 0) is 73.6 Å². The van der Waals surface area contributed by atoms with Gasteiger partial charge in [-0.2, -0.15) is 0 Å². The average Bonchev–Trinajstić information content (AvgIpc) is 3.32. The summed E-state index contributed by atoms with van der Waals surface area (Å²) >= 11 is 1.86. The van der Waals surface area contributed by atoms with E-state index in [-0.39, 0.29) is 18.3 Å². The molecule has 6 rings (SSSR count). The Morgan fingerprint density at radius 1 is 0.559 bits per heavy atom. The lowest BCUT2D eigenvalue weighted by atomic mass is 9.78. The van der Waals surface area contributed by atoms with E-state index in [1.54, 1.807) is 0 Å². The lowest BCUT2D eigenvalue weighted by molar-refractivity contribution is 0.00578. The minimum atomic E-state index is -0.329. The van der Waals surface area contributed by atoms with Crippen molar-refractivity contribution in [3.8, 4) is 22.3 Å². The van der Waals surface area contributed by atoms with E-state index in [4.69, 9.17) is 9.31 Å². The van der Waals surface area contributed by atoms with Crippen molar-refractivity contribution in [1.29, 1.82) is 0 Å². The summed E-state index contributed by atoms with van der Waals surface area (Å²) in [6.07, 6.45) is 0. The van der Waals surface area contributed by atoms with Crippen LogP contribution in [-0.4, -0.2) is 18.3 Å². The summed E-state index contributed by atoms with van der Waals surface area (Å²) in [5, 5.41) is 2.67. The Morgan fingerprint density at radius 2 is 1.06 bits per heavy atom. The van der Waals surface area contributed by atoms with E-state index in [0.717, 1.165) is 5.46 Å². The highest BCUT2D eigenvalue weighted by Gasteiger charge is 2.51. The summed E-state index contributed by atoms with van der Waals surface area (Å²) in [4.78, 5) is 0. The third kappa shape index (κ3) is 3.58. The molecule has 0 atom stereocenters. The molecule has 0 spiro atoms. The fraction of sp³-hybridized carbons (Fsp3) is 0.200. The van der Waals surface area contributed by atoms with Crippen molar-refractivity contribution >= 4 is 44.1 Å². The van der Waals surface area contributed by atoms with Crippen LogP contribution < -0.4 is 5.46 Å². The molecule has 0 bridgehead atoms. The second kappa shape index (κ2) is 7.81. The van der Waals surface area contributed by atoms with Gasteiger partial charge in [0.25, 0.3) is 0 Å². The summed E-state index contributed by atoms with van der Waals surface area (Å²) in [5.74, 6) is 0. The minimum Gasteiger partial charge on any atom is -0.399 e. The Labute approximate surface area is 205 Å². The molecule has 1 saturated heterocycles. The van der Waals surface area contributed by atoms with Gasteiger partial charge in [-0.3, -0.25) is 0 Å². The van der Waals surface area contributed by atoms with Crippen molar-refractivity contribution in [3.63, 3.8) is 0 Å². The van der Waals surface area contributed by atoms with Crippen molar-refractivity contribution in [2.24, 2.45) is 0 Å². The molecular formula is C30H27BO2S. The maximum Gasteiger partial charge on any atom is 0.494 e. The molecule has 0 N–H and O–H groups in total. The van der Waals surface area contributed by atoms with Crippen LogP contribution in [-0.2, 0) is 9.31 Å². The molecule has 4 aromatic carbocycles. The zero-order valence-electron chi connectivity index (χ0n) is 20.0. The zero-order valence-corrected chi connectivity index (χ0v) is 20.8. The first-order valence-corrected chi connectivity index (χ1v) is 12.6. The second-order valence-electron chi connectivity index (χ2n) is 10.1. The molecule has 0 aliphatic carbocycles. The first kappa shape index (κ1) is 21.6. The fourth-order valence-electron chi connectivity index (χ4n) is 4.57. The first-order chi connectivity index (χ1) is 16.3. The van der Waals surface area contributed by atoms with Crippen LogP contribution in [0.4, 0.5) is 0 Å². The van der Waals surface area contributed by atoms with Crippen molar-refractivity contribution in [1.82, 2.24) is 0 Å². The van der Waals surface area contributed by atoms with Gasteiger partial charge in [0.1, 0.15) is 0 Å². The monoisotopic (exact) mass is 462 g/mol. The number of benzene rings is 4. The second-order valence-corrected chi connectivity index (χ2v) is 11.2. The SMILES string of the molecule is CC1(C)OB(c2ccc(-c3ccc(-c4ccc5sc6ccccc6c5c4)cc3)cc2)OC1(C)C. The summed E-state index contributed by atoms with van der Waals surface area (Å²) < 4.78 is 15.1. The smallest absolute Gasteiger partial charge is 0.399 e. The van der Waals surface area contributed by atoms with Crippen LogP contribution in [0.5, 0.6) is 0 Å². The molecule has 168 valence electrons. The molecule has 1 aromatic heterocycles. The van der Waals surface area contributed by atoms with Crippen molar-refractivity contribution in [3.05, 3.63) is 91.0 Å². The van der Waals surface area contributed by atoms with Crippen LogP contribution in [0.3, 0.4) is 0 Å². The molecule has 2 nitrogen and oxygen atoms in total. The van der Waals surface area contributed by atoms with E-state index in [1.807, 2.05) is 11.3 Å². The number of hydrogen-bond donors (Lipinski definition) is 0. The molecule has 2 heterocycles. The predicted octanol–water partition coefficient (Wildman–Crippen LogP) is 7.69. The largest absolute Gasteiger partial charge is 0.494 e. The lowest BCUT2D eigenvalue weighted by Gasteiger charge is -2.32. The van der Waals surface area contributed by atoms with Crippen molar-refractivity contribution < 1.29 is 9.31 Å². The number of fused-ring (bicyclic) bond motifs is 3. The first-order valence-electron chi connectivity index (χ1n) is 11.8. The van der Waals surface area contributed by atoms with E-state index in [2.05, 4.69) is 119 Å². The summed E-state index contributed by atoms with van der Waals surface area (Å²) in [5.41, 5.74) is 5.26. The van der Waals surface area contributed by atoms with Crippen LogP contribution in [0.2, 0.25) is 0 Å². The third-order valence-corrected chi connectivity index (χ3v) is 8.52. The third-order valence-electron chi connectivity index (χ3n) is 7.36. The van der Waals surface area contributed by atoms with Crippen LogP contribution in [0.25, 0.3) is 42.4 Å². The minimum absolute atomic E-state index is 0.329.